The van der Waals surface area contributed by atoms with Gasteiger partial charge in [0, 0.05) is 6.54 Å². The number of amides is 1. The smallest absolute Gasteiger partial charge is 0.261 e. The van der Waals surface area contributed by atoms with Gasteiger partial charge in [-0.25, -0.2) is 0 Å². The normalized spacial score (nSPS) is 14.1. The average molecular weight is 318 g/mol. The van der Waals surface area contributed by atoms with Crippen molar-refractivity contribution in [3.63, 3.8) is 0 Å². The molecule has 0 saturated heterocycles. The second kappa shape index (κ2) is 6.37. The van der Waals surface area contributed by atoms with Crippen LogP contribution in [0.2, 0.25) is 0 Å². The first-order chi connectivity index (χ1) is 10.6. The van der Waals surface area contributed by atoms with Gasteiger partial charge in [0.2, 0.25) is 6.79 Å². The van der Waals surface area contributed by atoms with Crippen LogP contribution in [-0.4, -0.2) is 38.2 Å². The molecule has 116 valence electrons. The molecule has 2 aromatic rings. The van der Waals surface area contributed by atoms with Gasteiger partial charge in [-0.2, -0.15) is 0 Å². The van der Waals surface area contributed by atoms with Crippen LogP contribution >= 0.6 is 11.3 Å². The molecule has 1 aliphatic heterocycles. The molecule has 1 aromatic carbocycles. The minimum Gasteiger partial charge on any atom is -0.454 e. The lowest BCUT2D eigenvalue weighted by atomic mass is 10.1. The molecule has 22 heavy (non-hydrogen) atoms. The third-order valence-corrected chi connectivity index (χ3v) is 4.47. The monoisotopic (exact) mass is 318 g/mol. The molecule has 0 aliphatic carbocycles. The Hall–Kier alpha value is -2.05. The van der Waals surface area contributed by atoms with E-state index in [9.17, 15) is 4.79 Å². The molecular formula is C16H18N2O3S. The zero-order valence-electron chi connectivity index (χ0n) is 12.5. The van der Waals surface area contributed by atoms with Crippen LogP contribution in [0.25, 0.3) is 0 Å². The molecule has 0 fully saturated rings. The Bertz CT molecular complexity index is 655. The average Bonchev–Trinajstić information content (AvgIpc) is 3.17. The van der Waals surface area contributed by atoms with Crippen LogP contribution < -0.4 is 14.8 Å². The van der Waals surface area contributed by atoms with Crippen LogP contribution in [0.4, 0.5) is 0 Å². The lowest BCUT2D eigenvalue weighted by Crippen LogP contribution is -2.34. The molecule has 5 nitrogen and oxygen atoms in total. The molecule has 0 saturated carbocycles. The van der Waals surface area contributed by atoms with E-state index in [1.54, 1.807) is 0 Å². The number of carbonyl (C=O) groups excluding carboxylic acids is 1. The zero-order chi connectivity index (χ0) is 15.5. The van der Waals surface area contributed by atoms with E-state index in [-0.39, 0.29) is 18.7 Å². The second-order valence-corrected chi connectivity index (χ2v) is 6.23. The van der Waals surface area contributed by atoms with E-state index in [2.05, 4.69) is 10.2 Å². The van der Waals surface area contributed by atoms with Gasteiger partial charge in [-0.05, 0) is 43.2 Å². The lowest BCUT2D eigenvalue weighted by Gasteiger charge is -2.25. The maximum Gasteiger partial charge on any atom is 0.261 e. The SMILES string of the molecule is CN(C)[C@@H](CNC(=O)c1cccs1)c1ccc2c(c1)OCO2. The number of hydrogen-bond donors (Lipinski definition) is 1. The van der Waals surface area contributed by atoms with Gasteiger partial charge in [0.05, 0.1) is 10.9 Å². The van der Waals surface area contributed by atoms with Crippen LogP contribution in [0.1, 0.15) is 21.3 Å². The Morgan fingerprint density at radius 2 is 2.14 bits per heavy atom. The molecule has 1 aliphatic rings. The van der Waals surface area contributed by atoms with E-state index in [1.165, 1.54) is 11.3 Å². The number of rotatable bonds is 5. The van der Waals surface area contributed by atoms with Crippen LogP contribution in [0.5, 0.6) is 11.5 Å². The fourth-order valence-electron chi connectivity index (χ4n) is 2.40. The topological polar surface area (TPSA) is 50.8 Å². The summed E-state index contributed by atoms with van der Waals surface area (Å²) in [6.45, 7) is 0.796. The van der Waals surface area contributed by atoms with Gasteiger partial charge < -0.3 is 19.7 Å². The largest absolute Gasteiger partial charge is 0.454 e. The Morgan fingerprint density at radius 3 is 2.86 bits per heavy atom. The molecule has 1 atom stereocenters. The summed E-state index contributed by atoms with van der Waals surface area (Å²) in [6.07, 6.45) is 0. The number of hydrogen-bond acceptors (Lipinski definition) is 5. The van der Waals surface area contributed by atoms with Gasteiger partial charge in [-0.3, -0.25) is 4.79 Å². The third kappa shape index (κ3) is 3.08. The number of ether oxygens (including phenoxy) is 2. The maximum atomic E-state index is 12.1. The summed E-state index contributed by atoms with van der Waals surface area (Å²) >= 11 is 1.44. The van der Waals surface area contributed by atoms with Gasteiger partial charge in [-0.15, -0.1) is 11.3 Å². The fourth-order valence-corrected chi connectivity index (χ4v) is 3.04. The van der Waals surface area contributed by atoms with E-state index in [4.69, 9.17) is 9.47 Å². The predicted octanol–water partition coefficient (Wildman–Crippen LogP) is 2.51. The van der Waals surface area contributed by atoms with Crippen molar-refractivity contribution in [2.45, 2.75) is 6.04 Å². The molecule has 0 spiro atoms. The molecule has 0 bridgehead atoms. The van der Waals surface area contributed by atoms with Crippen molar-refractivity contribution >= 4 is 17.2 Å². The molecule has 6 heteroatoms. The van der Waals surface area contributed by atoms with E-state index in [0.717, 1.165) is 21.9 Å². The number of nitrogens with zero attached hydrogens (tertiary/aromatic N) is 1. The lowest BCUT2D eigenvalue weighted by molar-refractivity contribution is 0.0946. The number of likely N-dealkylation sites (N-methyl/N-ethyl adjacent to an activating group) is 1. The van der Waals surface area contributed by atoms with Crippen LogP contribution in [0.15, 0.2) is 35.7 Å². The van der Waals surface area contributed by atoms with Gasteiger partial charge >= 0.3 is 0 Å². The van der Waals surface area contributed by atoms with Crippen molar-refractivity contribution in [1.82, 2.24) is 10.2 Å². The minimum absolute atomic E-state index is 0.0393. The summed E-state index contributed by atoms with van der Waals surface area (Å²) in [5, 5.41) is 4.89. The highest BCUT2D eigenvalue weighted by Crippen LogP contribution is 2.34. The molecule has 1 N–H and O–H groups in total. The number of carbonyl (C=O) groups is 1. The molecule has 1 amide bonds. The zero-order valence-corrected chi connectivity index (χ0v) is 13.4. The van der Waals surface area contributed by atoms with Crippen LogP contribution in [0.3, 0.4) is 0 Å². The first kappa shape index (κ1) is 14.9. The number of fused-ring (bicyclic) bond motifs is 1. The minimum atomic E-state index is -0.0393. The first-order valence-corrected chi connectivity index (χ1v) is 7.91. The highest BCUT2D eigenvalue weighted by Gasteiger charge is 2.20. The summed E-state index contributed by atoms with van der Waals surface area (Å²) in [5.41, 5.74) is 1.08. The summed E-state index contributed by atoms with van der Waals surface area (Å²) in [4.78, 5) is 14.9. The van der Waals surface area contributed by atoms with Crippen LogP contribution in [0, 0.1) is 0 Å². The Morgan fingerprint density at radius 1 is 1.32 bits per heavy atom. The third-order valence-electron chi connectivity index (χ3n) is 3.61. The van der Waals surface area contributed by atoms with Crippen molar-refractivity contribution in [3.05, 3.63) is 46.2 Å². The molecule has 3 rings (SSSR count). The maximum absolute atomic E-state index is 12.1. The molecule has 0 radical (unpaired) electrons. The highest BCUT2D eigenvalue weighted by atomic mass is 32.1. The number of nitrogens with one attached hydrogen (secondary N) is 1. The quantitative estimate of drug-likeness (QED) is 0.920. The highest BCUT2D eigenvalue weighted by molar-refractivity contribution is 7.12. The van der Waals surface area contributed by atoms with Crippen molar-refractivity contribution in [1.29, 1.82) is 0 Å². The second-order valence-electron chi connectivity index (χ2n) is 5.28. The van der Waals surface area contributed by atoms with Crippen LogP contribution in [-0.2, 0) is 0 Å². The van der Waals surface area contributed by atoms with E-state index in [0.29, 0.717) is 6.54 Å². The van der Waals surface area contributed by atoms with E-state index >= 15 is 0 Å². The fraction of sp³-hybridized carbons (Fsp3) is 0.312. The molecule has 0 unspecified atom stereocenters. The Labute approximate surface area is 133 Å². The van der Waals surface area contributed by atoms with E-state index in [1.807, 2.05) is 49.8 Å². The standard InChI is InChI=1S/C16H18N2O3S/c1-18(2)12(9-17-16(19)15-4-3-7-22-15)11-5-6-13-14(8-11)21-10-20-13/h3-8,12H,9-10H2,1-2H3,(H,17,19)/t12-/m0/s1. The number of benzene rings is 1. The predicted molar refractivity (Wildman–Crippen MR) is 85.6 cm³/mol. The Balaban J connectivity index is 1.71. The van der Waals surface area contributed by atoms with Gasteiger partial charge in [0.1, 0.15) is 0 Å². The van der Waals surface area contributed by atoms with Crippen molar-refractivity contribution in [3.8, 4) is 11.5 Å². The molecule has 2 heterocycles. The summed E-state index contributed by atoms with van der Waals surface area (Å²) in [7, 11) is 3.99. The van der Waals surface area contributed by atoms with Crippen molar-refractivity contribution < 1.29 is 14.3 Å². The van der Waals surface area contributed by atoms with E-state index < -0.39 is 0 Å². The van der Waals surface area contributed by atoms with Crippen molar-refractivity contribution in [2.75, 3.05) is 27.4 Å². The molecular weight excluding hydrogens is 300 g/mol. The summed E-state index contributed by atoms with van der Waals surface area (Å²) in [5.74, 6) is 1.49. The number of thiophene rings is 1. The summed E-state index contributed by atoms with van der Waals surface area (Å²) < 4.78 is 10.8. The van der Waals surface area contributed by atoms with Gasteiger partial charge in [0.25, 0.3) is 5.91 Å². The molecule has 1 aromatic heterocycles. The first-order valence-electron chi connectivity index (χ1n) is 7.03. The van der Waals surface area contributed by atoms with Gasteiger partial charge in [0.15, 0.2) is 11.5 Å². The van der Waals surface area contributed by atoms with Gasteiger partial charge in [-0.1, -0.05) is 12.1 Å². The Kier molecular flexibility index (Phi) is 4.31. The van der Waals surface area contributed by atoms with Crippen molar-refractivity contribution in [2.24, 2.45) is 0 Å². The summed E-state index contributed by atoms with van der Waals surface area (Å²) in [6, 6.07) is 9.67.